The third kappa shape index (κ3) is 2.58. The molecule has 4 heteroatoms. The summed E-state index contributed by atoms with van der Waals surface area (Å²) in [6, 6.07) is 0. The van der Waals surface area contributed by atoms with Gasteiger partial charge in [-0.1, -0.05) is 6.58 Å². The zero-order valence-electron chi connectivity index (χ0n) is 9.49. The minimum atomic E-state index is -0.476. The Labute approximate surface area is 90.2 Å². The van der Waals surface area contributed by atoms with Crippen LogP contribution in [0.1, 0.15) is 20.3 Å². The number of esters is 1. The third-order valence-corrected chi connectivity index (χ3v) is 2.88. The molecule has 86 valence electrons. The topological polar surface area (TPSA) is 44.8 Å². The molecule has 0 N–H and O–H groups in total. The highest BCUT2D eigenvalue weighted by atomic mass is 16.6. The lowest BCUT2D eigenvalue weighted by molar-refractivity contribution is -0.208. The van der Waals surface area contributed by atoms with Crippen molar-refractivity contribution >= 4 is 5.97 Å². The molecule has 0 aromatic carbocycles. The number of hydrogen-bond donors (Lipinski definition) is 0. The largest absolute Gasteiger partial charge is 0.453 e. The van der Waals surface area contributed by atoms with E-state index >= 15 is 0 Å². The van der Waals surface area contributed by atoms with Crippen molar-refractivity contribution in [2.75, 3.05) is 13.7 Å². The van der Waals surface area contributed by atoms with Crippen LogP contribution >= 0.6 is 0 Å². The van der Waals surface area contributed by atoms with E-state index < -0.39 is 11.6 Å². The van der Waals surface area contributed by atoms with Gasteiger partial charge in [-0.25, -0.2) is 4.79 Å². The molecule has 0 spiro atoms. The average molecular weight is 214 g/mol. The molecule has 0 saturated carbocycles. The molecule has 4 nitrogen and oxygen atoms in total. The van der Waals surface area contributed by atoms with E-state index in [0.29, 0.717) is 13.0 Å². The lowest BCUT2D eigenvalue weighted by Gasteiger charge is -2.42. The van der Waals surface area contributed by atoms with Gasteiger partial charge in [-0.15, -0.1) is 0 Å². The van der Waals surface area contributed by atoms with Crippen molar-refractivity contribution in [1.82, 2.24) is 0 Å². The lowest BCUT2D eigenvalue weighted by atomic mass is 9.89. The van der Waals surface area contributed by atoms with E-state index in [1.807, 2.05) is 13.8 Å². The molecule has 1 fully saturated rings. The van der Waals surface area contributed by atoms with Gasteiger partial charge in [0, 0.05) is 26.2 Å². The second-order valence-electron chi connectivity index (χ2n) is 3.90. The molecule has 0 amide bonds. The van der Waals surface area contributed by atoms with E-state index in [2.05, 4.69) is 6.58 Å². The highest BCUT2D eigenvalue weighted by molar-refractivity contribution is 5.81. The number of hydrogen-bond acceptors (Lipinski definition) is 4. The smallest absolute Gasteiger partial charge is 0.330 e. The Kier molecular flexibility index (Phi) is 3.88. The number of carbonyl (C=O) groups is 1. The number of carbonyl (C=O) groups excluding carboxylic acids is 1. The van der Waals surface area contributed by atoms with Gasteiger partial charge in [0.15, 0.2) is 6.10 Å². The van der Waals surface area contributed by atoms with Gasteiger partial charge in [-0.3, -0.25) is 0 Å². The minimum Gasteiger partial charge on any atom is -0.453 e. The first kappa shape index (κ1) is 12.2. The zero-order valence-corrected chi connectivity index (χ0v) is 9.49. The van der Waals surface area contributed by atoms with Crippen molar-refractivity contribution in [3.8, 4) is 0 Å². The summed E-state index contributed by atoms with van der Waals surface area (Å²) >= 11 is 0. The van der Waals surface area contributed by atoms with Gasteiger partial charge in [0.25, 0.3) is 0 Å². The van der Waals surface area contributed by atoms with E-state index in [4.69, 9.17) is 14.2 Å². The summed E-state index contributed by atoms with van der Waals surface area (Å²) in [6.45, 7) is 7.78. The van der Waals surface area contributed by atoms with E-state index in [0.717, 1.165) is 6.08 Å². The van der Waals surface area contributed by atoms with Crippen molar-refractivity contribution in [3.63, 3.8) is 0 Å². The normalized spacial score (nSPS) is 35.9. The Bertz CT molecular complexity index is 251. The Hall–Kier alpha value is -0.870. The van der Waals surface area contributed by atoms with Crippen molar-refractivity contribution in [2.45, 2.75) is 38.1 Å². The highest BCUT2D eigenvalue weighted by Crippen LogP contribution is 2.30. The van der Waals surface area contributed by atoms with Gasteiger partial charge in [0.2, 0.25) is 0 Å². The summed E-state index contributed by atoms with van der Waals surface area (Å²) in [7, 11) is 1.62. The molecule has 1 heterocycles. The Morgan fingerprint density at radius 3 is 2.87 bits per heavy atom. The molecule has 1 rings (SSSR count). The highest BCUT2D eigenvalue weighted by Gasteiger charge is 2.44. The molecule has 3 atom stereocenters. The third-order valence-electron chi connectivity index (χ3n) is 2.88. The molecule has 0 radical (unpaired) electrons. The van der Waals surface area contributed by atoms with Crippen LogP contribution in [0.25, 0.3) is 0 Å². The van der Waals surface area contributed by atoms with Crippen LogP contribution in [0, 0.1) is 0 Å². The summed E-state index contributed by atoms with van der Waals surface area (Å²) in [5, 5.41) is 0. The molecular formula is C11H18O4. The first-order valence-corrected chi connectivity index (χ1v) is 5.03. The van der Waals surface area contributed by atoms with Gasteiger partial charge < -0.3 is 14.2 Å². The predicted molar refractivity (Wildman–Crippen MR) is 55.5 cm³/mol. The maximum absolute atomic E-state index is 11.2. The monoisotopic (exact) mass is 214 g/mol. The minimum absolute atomic E-state index is 0.160. The van der Waals surface area contributed by atoms with Gasteiger partial charge in [-0.05, 0) is 13.8 Å². The van der Waals surface area contributed by atoms with Crippen LogP contribution in [-0.2, 0) is 19.0 Å². The molecule has 0 bridgehead atoms. The fourth-order valence-electron chi connectivity index (χ4n) is 1.79. The van der Waals surface area contributed by atoms with Crippen LogP contribution in [0.15, 0.2) is 12.7 Å². The summed E-state index contributed by atoms with van der Waals surface area (Å²) in [4.78, 5) is 11.2. The Morgan fingerprint density at radius 2 is 2.33 bits per heavy atom. The van der Waals surface area contributed by atoms with E-state index in [9.17, 15) is 4.79 Å². The van der Waals surface area contributed by atoms with E-state index in [1.165, 1.54) is 0 Å². The van der Waals surface area contributed by atoms with E-state index in [1.54, 1.807) is 7.11 Å². The molecule has 1 aliphatic rings. The summed E-state index contributed by atoms with van der Waals surface area (Å²) in [6.07, 6.45) is 1.31. The molecule has 0 aromatic rings. The summed E-state index contributed by atoms with van der Waals surface area (Å²) < 4.78 is 16.1. The number of rotatable bonds is 3. The molecule has 2 unspecified atom stereocenters. The lowest BCUT2D eigenvalue weighted by Crippen LogP contribution is -2.54. The van der Waals surface area contributed by atoms with Crippen LogP contribution in [0.5, 0.6) is 0 Å². The fourth-order valence-corrected chi connectivity index (χ4v) is 1.79. The molecule has 1 aliphatic heterocycles. The first-order valence-electron chi connectivity index (χ1n) is 5.03. The van der Waals surface area contributed by atoms with Gasteiger partial charge >= 0.3 is 5.97 Å². The maximum Gasteiger partial charge on any atom is 0.330 e. The van der Waals surface area contributed by atoms with Crippen molar-refractivity contribution < 1.29 is 19.0 Å². The molecule has 0 aliphatic carbocycles. The summed E-state index contributed by atoms with van der Waals surface area (Å²) in [5.41, 5.74) is -0.476. The fraction of sp³-hybridized carbons (Fsp3) is 0.727. The second-order valence-corrected chi connectivity index (χ2v) is 3.90. The zero-order chi connectivity index (χ0) is 11.5. The van der Waals surface area contributed by atoms with Crippen LogP contribution in [0.3, 0.4) is 0 Å². The van der Waals surface area contributed by atoms with Crippen LogP contribution in [-0.4, -0.2) is 37.5 Å². The summed E-state index contributed by atoms with van der Waals surface area (Å²) in [5.74, 6) is -0.444. The van der Waals surface area contributed by atoms with Crippen LogP contribution in [0.4, 0.5) is 0 Å². The van der Waals surface area contributed by atoms with Crippen molar-refractivity contribution in [1.29, 1.82) is 0 Å². The maximum atomic E-state index is 11.2. The molecule has 0 aromatic heterocycles. The molecule has 1 saturated heterocycles. The average Bonchev–Trinajstić information content (AvgIpc) is 2.23. The second kappa shape index (κ2) is 4.77. The number of ether oxygens (including phenoxy) is 3. The van der Waals surface area contributed by atoms with Crippen LogP contribution in [0.2, 0.25) is 0 Å². The SMILES string of the molecule is C=CC(=O)O[C@@H]1C(C)OCCC1(C)OC. The van der Waals surface area contributed by atoms with Gasteiger partial charge in [0.1, 0.15) is 5.60 Å². The van der Waals surface area contributed by atoms with Crippen molar-refractivity contribution in [2.24, 2.45) is 0 Å². The predicted octanol–water partition coefficient (Wildman–Crippen LogP) is 1.30. The van der Waals surface area contributed by atoms with Crippen molar-refractivity contribution in [3.05, 3.63) is 12.7 Å². The van der Waals surface area contributed by atoms with E-state index in [-0.39, 0.29) is 12.2 Å². The van der Waals surface area contributed by atoms with Crippen LogP contribution < -0.4 is 0 Å². The number of methoxy groups -OCH3 is 1. The van der Waals surface area contributed by atoms with Gasteiger partial charge in [-0.2, -0.15) is 0 Å². The molecular weight excluding hydrogens is 196 g/mol. The Balaban J connectivity index is 2.77. The quantitative estimate of drug-likeness (QED) is 0.524. The molecule has 15 heavy (non-hydrogen) atoms. The Morgan fingerprint density at radius 1 is 1.67 bits per heavy atom. The first-order chi connectivity index (χ1) is 7.03. The standard InChI is InChI=1S/C11H18O4/c1-5-9(12)15-10-8(2)14-7-6-11(10,3)13-4/h5,8,10H,1,6-7H2,2-4H3/t8?,10-,11?/m1/s1. The van der Waals surface area contributed by atoms with Gasteiger partial charge in [0.05, 0.1) is 6.10 Å².